The Hall–Kier alpha value is -4.06. The zero-order valence-corrected chi connectivity index (χ0v) is 20.2. The van der Waals surface area contributed by atoms with Crippen molar-refractivity contribution in [3.05, 3.63) is 101 Å². The van der Waals surface area contributed by atoms with Crippen molar-refractivity contribution >= 4 is 28.5 Å². The van der Waals surface area contributed by atoms with Crippen LogP contribution in [0.3, 0.4) is 0 Å². The van der Waals surface area contributed by atoms with Crippen molar-refractivity contribution in [2.45, 2.75) is 38.1 Å². The Morgan fingerprint density at radius 3 is 2.44 bits per heavy atom. The van der Waals surface area contributed by atoms with E-state index in [9.17, 15) is 14.7 Å². The molecule has 1 unspecified atom stereocenters. The Labute approximate surface area is 211 Å². The summed E-state index contributed by atoms with van der Waals surface area (Å²) in [6.45, 7) is 2.13. The lowest BCUT2D eigenvalue weighted by atomic mass is 9.97. The zero-order chi connectivity index (χ0) is 24.9. The Balaban J connectivity index is 1.38. The summed E-state index contributed by atoms with van der Waals surface area (Å²) in [5.74, 6) is -0.960. The number of anilines is 1. The molecule has 6 nitrogen and oxygen atoms in total. The number of nitrogens with one attached hydrogen (secondary N) is 2. The van der Waals surface area contributed by atoms with Crippen LogP contribution in [0.25, 0.3) is 10.9 Å². The lowest BCUT2D eigenvalue weighted by Gasteiger charge is -2.30. The van der Waals surface area contributed by atoms with E-state index in [0.717, 1.165) is 46.2 Å². The van der Waals surface area contributed by atoms with Crippen molar-refractivity contribution < 1.29 is 14.7 Å². The average Bonchev–Trinajstić information content (AvgIpc) is 3.29. The Bertz CT molecular complexity index is 1360. The van der Waals surface area contributed by atoms with E-state index in [2.05, 4.69) is 39.5 Å². The van der Waals surface area contributed by atoms with Crippen LogP contribution in [0.15, 0.2) is 79.0 Å². The van der Waals surface area contributed by atoms with Crippen LogP contribution in [0.5, 0.6) is 0 Å². The fourth-order valence-corrected chi connectivity index (χ4v) is 5.10. The predicted molar refractivity (Wildman–Crippen MR) is 142 cm³/mol. The molecule has 1 atom stereocenters. The third-order valence-electron chi connectivity index (χ3n) is 6.90. The number of piperidine rings is 1. The van der Waals surface area contributed by atoms with E-state index in [1.165, 1.54) is 24.9 Å². The number of rotatable bonds is 8. The summed E-state index contributed by atoms with van der Waals surface area (Å²) in [5, 5.41) is 13.3. The number of hydrogen-bond acceptors (Lipinski definition) is 3. The van der Waals surface area contributed by atoms with Crippen LogP contribution in [0.2, 0.25) is 0 Å². The van der Waals surface area contributed by atoms with Crippen LogP contribution < -0.4 is 10.2 Å². The van der Waals surface area contributed by atoms with E-state index < -0.39 is 5.97 Å². The molecule has 3 aromatic carbocycles. The van der Waals surface area contributed by atoms with Gasteiger partial charge in [-0.15, -0.1) is 0 Å². The molecule has 0 radical (unpaired) electrons. The topological polar surface area (TPSA) is 85.4 Å². The van der Waals surface area contributed by atoms with Gasteiger partial charge < -0.3 is 20.3 Å². The standard InChI is InChI=1S/C30H31N3O3/c34-28(17-21-12-13-27-26(16-21)24(20-31-27)19-29(35)36)32-30(22-8-3-1-4-9-22)23-10-7-11-25(18-23)33-14-5-2-6-15-33/h1,3-4,7-13,16,18,20,30-31H,2,5-6,14-15,17,19H2,(H,32,34)(H,35,36). The zero-order valence-electron chi connectivity index (χ0n) is 20.2. The molecule has 1 aliphatic heterocycles. The van der Waals surface area contributed by atoms with Gasteiger partial charge in [0.1, 0.15) is 0 Å². The molecule has 0 saturated carbocycles. The first-order valence-electron chi connectivity index (χ1n) is 12.6. The van der Waals surface area contributed by atoms with Gasteiger partial charge in [-0.3, -0.25) is 9.59 Å². The van der Waals surface area contributed by atoms with E-state index in [1.54, 1.807) is 6.20 Å². The summed E-state index contributed by atoms with van der Waals surface area (Å²) >= 11 is 0. The summed E-state index contributed by atoms with van der Waals surface area (Å²) in [7, 11) is 0. The normalized spacial score (nSPS) is 14.5. The van der Waals surface area contributed by atoms with Crippen LogP contribution >= 0.6 is 0 Å². The second-order valence-corrected chi connectivity index (χ2v) is 9.50. The van der Waals surface area contributed by atoms with Crippen LogP contribution in [0.1, 0.15) is 47.6 Å². The number of aliphatic carboxylic acids is 1. The number of aromatic amines is 1. The van der Waals surface area contributed by atoms with Crippen LogP contribution in [-0.4, -0.2) is 35.1 Å². The van der Waals surface area contributed by atoms with Crippen LogP contribution in [-0.2, 0) is 22.4 Å². The number of benzene rings is 3. The fraction of sp³-hybridized carbons (Fsp3) is 0.267. The number of carboxylic acid groups (broad SMARTS) is 1. The molecule has 0 bridgehead atoms. The van der Waals surface area contributed by atoms with Gasteiger partial charge in [0.05, 0.1) is 18.9 Å². The van der Waals surface area contributed by atoms with Gasteiger partial charge >= 0.3 is 5.97 Å². The number of fused-ring (bicyclic) bond motifs is 1. The molecule has 36 heavy (non-hydrogen) atoms. The highest BCUT2D eigenvalue weighted by molar-refractivity contribution is 5.89. The number of aromatic nitrogens is 1. The molecule has 1 saturated heterocycles. The highest BCUT2D eigenvalue weighted by Gasteiger charge is 2.19. The molecule has 1 aromatic heterocycles. The van der Waals surface area contributed by atoms with Crippen molar-refractivity contribution in [2.75, 3.05) is 18.0 Å². The number of carbonyl (C=O) groups excluding carboxylic acids is 1. The molecule has 6 heteroatoms. The molecular weight excluding hydrogens is 450 g/mol. The third kappa shape index (κ3) is 5.43. The Morgan fingerprint density at radius 2 is 1.67 bits per heavy atom. The summed E-state index contributed by atoms with van der Waals surface area (Å²) in [6, 6.07) is 24.0. The minimum Gasteiger partial charge on any atom is -0.481 e. The van der Waals surface area contributed by atoms with Crippen molar-refractivity contribution in [3.63, 3.8) is 0 Å². The lowest BCUT2D eigenvalue weighted by Crippen LogP contribution is -2.31. The van der Waals surface area contributed by atoms with Crippen LogP contribution in [0, 0.1) is 0 Å². The van der Waals surface area contributed by atoms with Gasteiger partial charge in [0.2, 0.25) is 5.91 Å². The molecule has 5 rings (SSSR count). The number of carboxylic acids is 1. The average molecular weight is 482 g/mol. The summed E-state index contributed by atoms with van der Waals surface area (Å²) in [6.07, 6.45) is 5.59. The number of nitrogens with zero attached hydrogens (tertiary/aromatic N) is 1. The molecule has 3 N–H and O–H groups in total. The van der Waals surface area contributed by atoms with Crippen molar-refractivity contribution in [2.24, 2.45) is 0 Å². The van der Waals surface area contributed by atoms with Crippen molar-refractivity contribution in [3.8, 4) is 0 Å². The Morgan fingerprint density at radius 1 is 0.889 bits per heavy atom. The highest BCUT2D eigenvalue weighted by Crippen LogP contribution is 2.28. The third-order valence-corrected chi connectivity index (χ3v) is 6.90. The maximum Gasteiger partial charge on any atom is 0.307 e. The SMILES string of the molecule is O=C(O)Cc1c[nH]c2ccc(CC(=O)NC(c3ccccc3)c3cccc(N4CCCCC4)c3)cc12. The number of amides is 1. The molecule has 0 aliphatic carbocycles. The molecule has 2 heterocycles. The minimum absolute atomic E-state index is 0.0565. The largest absolute Gasteiger partial charge is 0.481 e. The Kier molecular flexibility index (Phi) is 7.03. The monoisotopic (exact) mass is 481 g/mol. The molecule has 1 fully saturated rings. The molecule has 4 aromatic rings. The second-order valence-electron chi connectivity index (χ2n) is 9.50. The van der Waals surface area contributed by atoms with Gasteiger partial charge in [-0.1, -0.05) is 48.5 Å². The van der Waals surface area contributed by atoms with Crippen molar-refractivity contribution in [1.29, 1.82) is 0 Å². The first-order chi connectivity index (χ1) is 17.6. The smallest absolute Gasteiger partial charge is 0.307 e. The molecule has 184 valence electrons. The van der Waals surface area contributed by atoms with E-state index in [-0.39, 0.29) is 24.8 Å². The van der Waals surface area contributed by atoms with Crippen LogP contribution in [0.4, 0.5) is 5.69 Å². The van der Waals surface area contributed by atoms with Gasteiger partial charge in [-0.2, -0.15) is 0 Å². The van der Waals surface area contributed by atoms with Gasteiger partial charge in [0, 0.05) is 35.9 Å². The second kappa shape index (κ2) is 10.7. The van der Waals surface area contributed by atoms with E-state index >= 15 is 0 Å². The number of carbonyl (C=O) groups is 2. The maximum absolute atomic E-state index is 13.3. The first kappa shape index (κ1) is 23.7. The molecule has 1 amide bonds. The van der Waals surface area contributed by atoms with Gasteiger partial charge in [-0.25, -0.2) is 0 Å². The molecular formula is C30H31N3O3. The fourth-order valence-electron chi connectivity index (χ4n) is 5.10. The number of hydrogen-bond donors (Lipinski definition) is 3. The summed E-state index contributed by atoms with van der Waals surface area (Å²) < 4.78 is 0. The first-order valence-corrected chi connectivity index (χ1v) is 12.6. The molecule has 1 aliphatic rings. The maximum atomic E-state index is 13.3. The summed E-state index contributed by atoms with van der Waals surface area (Å²) in [4.78, 5) is 30.0. The van der Waals surface area contributed by atoms with E-state index in [0.29, 0.717) is 0 Å². The lowest BCUT2D eigenvalue weighted by molar-refractivity contribution is -0.136. The minimum atomic E-state index is -0.878. The van der Waals surface area contributed by atoms with E-state index in [1.807, 2.05) is 48.5 Å². The molecule has 0 spiro atoms. The van der Waals surface area contributed by atoms with E-state index in [4.69, 9.17) is 0 Å². The predicted octanol–water partition coefficient (Wildman–Crippen LogP) is 5.23. The van der Waals surface area contributed by atoms with Crippen molar-refractivity contribution in [1.82, 2.24) is 10.3 Å². The quantitative estimate of drug-likeness (QED) is 0.322. The van der Waals surface area contributed by atoms with Gasteiger partial charge in [0.15, 0.2) is 0 Å². The van der Waals surface area contributed by atoms with Gasteiger partial charge in [-0.05, 0) is 65.8 Å². The summed E-state index contributed by atoms with van der Waals surface area (Å²) in [5.41, 5.74) is 5.73. The number of H-pyrrole nitrogens is 1. The highest BCUT2D eigenvalue weighted by atomic mass is 16.4. The van der Waals surface area contributed by atoms with Gasteiger partial charge in [0.25, 0.3) is 0 Å².